The minimum atomic E-state index is 0. The van der Waals surface area contributed by atoms with Crippen LogP contribution in [0.25, 0.3) is 21.5 Å². The van der Waals surface area contributed by atoms with Crippen LogP contribution in [0.3, 0.4) is 0 Å². The van der Waals surface area contributed by atoms with Crippen LogP contribution >= 0.6 is 0 Å². The van der Waals surface area contributed by atoms with E-state index in [1.54, 1.807) is 0 Å². The van der Waals surface area contributed by atoms with Crippen molar-refractivity contribution in [3.63, 3.8) is 0 Å². The number of hydrogen-bond acceptors (Lipinski definition) is 0. The van der Waals surface area contributed by atoms with Gasteiger partial charge >= 0.3 is 21.7 Å². The largest absolute Gasteiger partial charge is 4.00 e. The van der Waals surface area contributed by atoms with Gasteiger partial charge in [0.1, 0.15) is 9.52 Å². The third-order valence-electron chi connectivity index (χ3n) is 6.72. The molecule has 0 saturated carbocycles. The fourth-order valence-corrected chi connectivity index (χ4v) is 5.10. The molecule has 0 aliphatic carbocycles. The first kappa shape index (κ1) is 39.1. The van der Waals surface area contributed by atoms with E-state index in [9.17, 15) is 0 Å². The molecule has 6 aromatic carbocycles. The minimum Gasteiger partial charge on any atom is -0.343 e. The van der Waals surface area contributed by atoms with Crippen molar-refractivity contribution in [2.75, 3.05) is 0 Å². The summed E-state index contributed by atoms with van der Waals surface area (Å²) in [4.78, 5) is 0. The molecule has 0 aromatic heterocycles. The van der Waals surface area contributed by atoms with Crippen LogP contribution in [0, 0.1) is 13.8 Å². The van der Waals surface area contributed by atoms with E-state index < -0.39 is 0 Å². The van der Waals surface area contributed by atoms with Gasteiger partial charge in [0.05, 0.1) is 0 Å². The van der Waals surface area contributed by atoms with E-state index in [2.05, 4.69) is 175 Å². The SMILES string of the molecule is CCc1cc2ccccc2[cH-]1.CCc1cc2ccccc2[cH-]1.[CH2-]CCC.[CH2-]CCC.[Ti+4].c1ccc([Si]c2ccccc2)cc1. The maximum absolute atomic E-state index is 3.60. The maximum atomic E-state index is 3.60. The fourth-order valence-electron chi connectivity index (χ4n) is 4.05. The number of unbranched alkanes of at least 4 members (excludes halogenated alkanes) is 2. The first-order valence-electron chi connectivity index (χ1n) is 15.8. The van der Waals surface area contributed by atoms with Gasteiger partial charge in [0.25, 0.3) is 0 Å². The molecule has 2 radical (unpaired) electrons. The second-order valence-electron chi connectivity index (χ2n) is 10.3. The number of aryl methyl sites for hydroxylation is 2. The molecule has 0 fully saturated rings. The number of fused-ring (bicyclic) bond motifs is 2. The summed E-state index contributed by atoms with van der Waals surface area (Å²) in [5.74, 6) is 0. The summed E-state index contributed by atoms with van der Waals surface area (Å²) < 4.78 is 0. The molecule has 6 rings (SSSR count). The van der Waals surface area contributed by atoms with Gasteiger partial charge in [0.15, 0.2) is 0 Å². The fraction of sp³-hybridized carbons (Fsp3) is 0.238. The van der Waals surface area contributed by atoms with Crippen molar-refractivity contribution in [1.82, 2.24) is 0 Å². The van der Waals surface area contributed by atoms with Crippen LogP contribution in [-0.4, -0.2) is 9.52 Å². The second-order valence-corrected chi connectivity index (χ2v) is 11.7. The minimum absolute atomic E-state index is 0. The summed E-state index contributed by atoms with van der Waals surface area (Å²) in [5.41, 5.74) is 2.87. The molecule has 0 heterocycles. The van der Waals surface area contributed by atoms with Crippen molar-refractivity contribution >= 4 is 41.4 Å². The van der Waals surface area contributed by atoms with Crippen molar-refractivity contribution in [3.05, 3.63) is 158 Å². The van der Waals surface area contributed by atoms with E-state index in [0.717, 1.165) is 35.2 Å². The van der Waals surface area contributed by atoms with E-state index in [4.69, 9.17) is 0 Å². The van der Waals surface area contributed by atoms with E-state index in [0.29, 0.717) is 0 Å². The van der Waals surface area contributed by atoms with Crippen LogP contribution in [0.1, 0.15) is 64.5 Å². The van der Waals surface area contributed by atoms with Crippen molar-refractivity contribution in [3.8, 4) is 0 Å². The topological polar surface area (TPSA) is 0 Å². The summed E-state index contributed by atoms with van der Waals surface area (Å²) in [6.07, 6.45) is 6.82. The van der Waals surface area contributed by atoms with E-state index >= 15 is 0 Å². The Kier molecular flexibility index (Phi) is 21.6. The van der Waals surface area contributed by atoms with Gasteiger partial charge in [-0.3, -0.25) is 0 Å². The van der Waals surface area contributed by atoms with Gasteiger partial charge in [-0.25, -0.2) is 0 Å². The Morgan fingerprint density at radius 2 is 0.818 bits per heavy atom. The molecule has 0 aliphatic rings. The molecule has 0 amide bonds. The van der Waals surface area contributed by atoms with Crippen LogP contribution in [0.15, 0.2) is 133 Å². The number of benzene rings is 4. The van der Waals surface area contributed by atoms with Crippen molar-refractivity contribution in [2.24, 2.45) is 0 Å². The molecule has 6 aromatic rings. The normalized spacial score (nSPS) is 9.59. The molecule has 0 N–H and O–H groups in total. The maximum Gasteiger partial charge on any atom is 4.00 e. The molecule has 0 saturated heterocycles. The van der Waals surface area contributed by atoms with Crippen molar-refractivity contribution in [2.45, 2.75) is 66.2 Å². The molecule has 44 heavy (non-hydrogen) atoms. The van der Waals surface area contributed by atoms with E-state index in [1.807, 2.05) is 0 Å². The van der Waals surface area contributed by atoms with Gasteiger partial charge in [-0.05, 0) is 12.8 Å². The van der Waals surface area contributed by atoms with Crippen LogP contribution in [0.4, 0.5) is 0 Å². The summed E-state index contributed by atoms with van der Waals surface area (Å²) in [7, 11) is 0.777. The second kappa shape index (κ2) is 24.4. The molecule has 0 atom stereocenters. The van der Waals surface area contributed by atoms with Gasteiger partial charge in [-0.2, -0.15) is 25.0 Å². The van der Waals surface area contributed by atoms with Gasteiger partial charge < -0.3 is 13.8 Å². The Hall–Kier alpha value is -2.97. The van der Waals surface area contributed by atoms with Crippen molar-refractivity contribution in [1.29, 1.82) is 0 Å². The Bertz CT molecular complexity index is 1310. The van der Waals surface area contributed by atoms with Gasteiger partial charge in [-0.1, -0.05) is 124 Å². The molecule has 0 nitrogen and oxygen atoms in total. The monoisotopic (exact) mass is 630 g/mol. The standard InChI is InChI=1S/C12H10Si.2C11H11.2C4H9.Ti/c1-3-7-11(8-4-1)13-12-9-5-2-6-10-12;2*1-2-9-7-10-5-3-4-6-11(10)8-9;2*1-3-4-2;/h1-10H;2*3-8H,2H2,1H3;2*1,3-4H2,2H3;/q;4*-1;+4. The van der Waals surface area contributed by atoms with E-state index in [1.165, 1.54) is 55.9 Å². The third kappa shape index (κ3) is 15.2. The Labute approximate surface area is 286 Å². The Morgan fingerprint density at radius 3 is 1.11 bits per heavy atom. The predicted molar refractivity (Wildman–Crippen MR) is 196 cm³/mol. The third-order valence-corrected chi connectivity index (χ3v) is 7.96. The van der Waals surface area contributed by atoms with Gasteiger partial charge in [-0.15, -0.1) is 81.2 Å². The number of rotatable bonds is 6. The average molecular weight is 631 g/mol. The molecular formula is C42H50SiTi. The number of hydrogen-bond donors (Lipinski definition) is 0. The zero-order valence-corrected chi connectivity index (χ0v) is 29.9. The smallest absolute Gasteiger partial charge is 0.343 e. The molecule has 2 heteroatoms. The Balaban J connectivity index is 0.000000292. The Morgan fingerprint density at radius 1 is 0.500 bits per heavy atom. The molecule has 226 valence electrons. The molecule has 0 aliphatic heterocycles. The predicted octanol–water partition coefficient (Wildman–Crippen LogP) is 10.8. The average Bonchev–Trinajstić information content (AvgIpc) is 3.71. The first-order valence-corrected chi connectivity index (χ1v) is 16.8. The summed E-state index contributed by atoms with van der Waals surface area (Å²) in [6.45, 7) is 15.8. The molecule has 0 unspecified atom stereocenters. The van der Waals surface area contributed by atoms with Crippen molar-refractivity contribution < 1.29 is 21.7 Å². The van der Waals surface area contributed by atoms with Crippen LogP contribution in [0.5, 0.6) is 0 Å². The van der Waals surface area contributed by atoms with Crippen LogP contribution < -0.4 is 10.4 Å². The van der Waals surface area contributed by atoms with Gasteiger partial charge in [0, 0.05) is 0 Å². The first-order chi connectivity index (χ1) is 21.1. The summed E-state index contributed by atoms with van der Waals surface area (Å²) in [6, 6.07) is 47.2. The van der Waals surface area contributed by atoms with E-state index in [-0.39, 0.29) is 21.7 Å². The van der Waals surface area contributed by atoms with Crippen LogP contribution in [-0.2, 0) is 34.6 Å². The molecular weight excluding hydrogens is 580 g/mol. The van der Waals surface area contributed by atoms with Gasteiger partial charge in [0.2, 0.25) is 0 Å². The zero-order valence-electron chi connectivity index (χ0n) is 27.4. The zero-order chi connectivity index (χ0) is 31.1. The summed E-state index contributed by atoms with van der Waals surface area (Å²) >= 11 is 0. The quantitative estimate of drug-likeness (QED) is 0.127. The molecule has 0 spiro atoms. The summed E-state index contributed by atoms with van der Waals surface area (Å²) in [5, 5.41) is 8.25. The molecule has 0 bridgehead atoms. The van der Waals surface area contributed by atoms with Crippen LogP contribution in [0.2, 0.25) is 0 Å².